The molecule has 5 N–H and O–H groups in total. The highest BCUT2D eigenvalue weighted by atomic mass is 32.2. The first kappa shape index (κ1) is 53.7. The van der Waals surface area contributed by atoms with Crippen molar-refractivity contribution in [3.05, 3.63) is 197 Å². The van der Waals surface area contributed by atoms with E-state index >= 15 is 0 Å². The lowest BCUT2D eigenvalue weighted by Crippen LogP contribution is -2.33. The second-order valence-electron chi connectivity index (χ2n) is 18.3. The molecule has 0 saturated heterocycles. The third-order valence-corrected chi connectivity index (χ3v) is 15.9. The molecule has 5 aliphatic heterocycles. The Morgan fingerprint density at radius 1 is 0.408 bits per heavy atom. The summed E-state index contributed by atoms with van der Waals surface area (Å²) < 4.78 is 135. The van der Waals surface area contributed by atoms with Crippen LogP contribution in [-0.2, 0) is 60.1 Å². The zero-order valence-electron chi connectivity index (χ0n) is 40.7. The Balaban J connectivity index is 1.22. The number of aromatic nitrogens is 4. The zero-order chi connectivity index (χ0) is 53.8. The number of H-pyrrole nitrogens is 1. The average molecular weight is 1110 g/mol. The molecule has 0 radical (unpaired) electrons. The molecule has 76 heavy (non-hydrogen) atoms. The molecular weight excluding hydrogens is 1060 g/mol. The highest BCUT2D eigenvalue weighted by molar-refractivity contribution is 7.86. The number of rotatable bonds is 19. The third-order valence-electron chi connectivity index (χ3n) is 12.7. The van der Waals surface area contributed by atoms with Gasteiger partial charge in [0, 0.05) is 108 Å². The lowest BCUT2D eigenvalue weighted by Gasteiger charge is -2.20. The van der Waals surface area contributed by atoms with Gasteiger partial charge in [-0.1, -0.05) is 0 Å². The summed E-state index contributed by atoms with van der Waals surface area (Å²) in [5.74, 6) is -1.55. The normalized spacial score (nSPS) is 16.7. The fraction of sp³-hybridized carbons (Fsp3) is 0.231. The maximum Gasteiger partial charge on any atom is 0.265 e. The highest BCUT2D eigenvalue weighted by Gasteiger charge is 2.28. The Bertz CT molecular complexity index is 3830. The van der Waals surface area contributed by atoms with Crippen molar-refractivity contribution in [3.63, 3.8) is 0 Å². The molecule has 0 fully saturated rings. The van der Waals surface area contributed by atoms with Gasteiger partial charge in [-0.15, -0.1) is 0 Å². The minimum atomic E-state index is -4.14. The van der Waals surface area contributed by atoms with E-state index in [0.29, 0.717) is 82.9 Å². The molecule has 0 aliphatic carbocycles. The maximum atomic E-state index is 11.5. The van der Waals surface area contributed by atoms with Crippen molar-refractivity contribution >= 4 is 79.9 Å². The van der Waals surface area contributed by atoms with Crippen LogP contribution in [0.3, 0.4) is 0 Å². The van der Waals surface area contributed by atoms with Gasteiger partial charge < -0.3 is 9.88 Å². The van der Waals surface area contributed by atoms with E-state index in [1.807, 2.05) is 165 Å². The van der Waals surface area contributed by atoms with Crippen LogP contribution in [0.1, 0.15) is 53.8 Å². The van der Waals surface area contributed by atoms with Gasteiger partial charge in [-0.3, -0.25) is 18.2 Å². The summed E-state index contributed by atoms with van der Waals surface area (Å²) in [6.07, 6.45) is 30.6. The lowest BCUT2D eigenvalue weighted by molar-refractivity contribution is -0.697. The first-order valence-corrected chi connectivity index (χ1v) is 30.4. The molecule has 9 rings (SSSR count). The number of pyridine rings is 3. The fourth-order valence-electron chi connectivity index (χ4n) is 9.16. The summed E-state index contributed by atoms with van der Waals surface area (Å²) in [5, 5.41) is 0. The molecule has 9 heterocycles. The summed E-state index contributed by atoms with van der Waals surface area (Å²) in [4.78, 5) is 21.4. The smallest absolute Gasteiger partial charge is 0.265 e. The van der Waals surface area contributed by atoms with Crippen molar-refractivity contribution < 1.29 is 65.6 Å². The van der Waals surface area contributed by atoms with Gasteiger partial charge in [0.05, 0.1) is 57.2 Å². The minimum absolute atomic E-state index is 0.191. The highest BCUT2D eigenvalue weighted by Crippen LogP contribution is 2.38. The standard InChI is InChI=1S/C52H50N8O12S4/c61-73(62,63)33-1-21-57-25-13-37(14-26-57)49-41-5-7-43(53-41)50(38-15-27-58(28-16-38)22-2-34-74(64,65)66)45-9-11-47(55-45)52(40-19-31-60(32-20-40)24-4-36-76(70,71)72)48-12-10-46(56-48)51(44-8-6-42(49)54-44)39-17-29-59(30-18-39)23-3-35-75(67,68)69/h5-20,25-32,53H,1-4,21-24,33-36H2,(H-3,61,62,63,64,65,66,67,68,69,70,71,72)/p+3. The molecule has 394 valence electrons. The fourth-order valence-corrected chi connectivity index (χ4v) is 11.1. The van der Waals surface area contributed by atoms with Crippen LogP contribution in [-0.4, -0.2) is 108 Å². The van der Waals surface area contributed by atoms with Gasteiger partial charge >= 0.3 is 0 Å². The number of nitrogens with one attached hydrogen (secondary N) is 1. The van der Waals surface area contributed by atoms with Crippen molar-refractivity contribution in [2.24, 2.45) is 15.0 Å². The van der Waals surface area contributed by atoms with E-state index in [4.69, 9.17) is 15.0 Å². The van der Waals surface area contributed by atoms with Crippen LogP contribution < -0.4 is 13.7 Å². The third kappa shape index (κ3) is 13.8. The van der Waals surface area contributed by atoms with E-state index in [-0.39, 0.29) is 48.7 Å². The summed E-state index contributed by atoms with van der Waals surface area (Å²) in [5.41, 5.74) is 10.8. The summed E-state index contributed by atoms with van der Waals surface area (Å²) in [7, 11) is -16.6. The molecule has 0 aromatic carbocycles. The summed E-state index contributed by atoms with van der Waals surface area (Å²) in [6.45, 7) is 1.32. The Kier molecular flexibility index (Phi) is 15.7. The topological polar surface area (TPSA) is 285 Å². The number of hydrogen-bond acceptors (Lipinski definition) is 12. The van der Waals surface area contributed by atoms with Gasteiger partial charge in [0.15, 0.2) is 37.2 Å². The summed E-state index contributed by atoms with van der Waals surface area (Å²) >= 11 is 0. The lowest BCUT2D eigenvalue weighted by atomic mass is 9.98. The van der Waals surface area contributed by atoms with Gasteiger partial charge in [0.25, 0.3) is 40.5 Å². The van der Waals surface area contributed by atoms with E-state index in [2.05, 4.69) is 4.98 Å². The van der Waals surface area contributed by atoms with Gasteiger partial charge in [0.2, 0.25) is 0 Å². The summed E-state index contributed by atoms with van der Waals surface area (Å²) in [6, 6.07) is 15.3. The van der Waals surface area contributed by atoms with E-state index in [9.17, 15) is 51.9 Å². The maximum absolute atomic E-state index is 11.5. The van der Waals surface area contributed by atoms with Crippen LogP contribution in [0.2, 0.25) is 0 Å². The Labute approximate surface area is 440 Å². The zero-order valence-corrected chi connectivity index (χ0v) is 43.9. The molecule has 0 spiro atoms. The van der Waals surface area contributed by atoms with Crippen LogP contribution in [0.25, 0.3) is 22.3 Å². The predicted octanol–water partition coefficient (Wildman–Crippen LogP) is 4.71. The van der Waals surface area contributed by atoms with Crippen LogP contribution in [0.15, 0.2) is 184 Å². The van der Waals surface area contributed by atoms with Crippen molar-refractivity contribution in [2.75, 3.05) is 29.6 Å². The van der Waals surface area contributed by atoms with Crippen LogP contribution in [0.4, 0.5) is 0 Å². The minimum Gasteiger partial charge on any atom is -0.354 e. The molecule has 8 bridgehead atoms. The molecule has 0 amide bonds. The van der Waals surface area contributed by atoms with Gasteiger partial charge in [-0.2, -0.15) is 33.7 Å². The molecule has 4 aromatic heterocycles. The number of allylic oxidation sites excluding steroid dienone is 12. The largest absolute Gasteiger partial charge is 0.354 e. The number of aryl methyl sites for hydroxylation is 3. The van der Waals surface area contributed by atoms with Gasteiger partial charge in [-0.05, 0) is 89.4 Å². The quantitative estimate of drug-likeness (QED) is 0.0629. The number of aliphatic imine (C=N–C) groups is 3. The molecule has 0 atom stereocenters. The van der Waals surface area contributed by atoms with Crippen molar-refractivity contribution in [3.8, 4) is 0 Å². The number of nitrogens with zero attached hydrogens (tertiary/aromatic N) is 7. The van der Waals surface area contributed by atoms with Crippen molar-refractivity contribution in [1.82, 2.24) is 9.88 Å². The molecule has 20 nitrogen and oxygen atoms in total. The number of aromatic amines is 1. The van der Waals surface area contributed by atoms with Crippen molar-refractivity contribution in [2.45, 2.75) is 45.3 Å². The predicted molar refractivity (Wildman–Crippen MR) is 286 cm³/mol. The first-order valence-electron chi connectivity index (χ1n) is 24.0. The molecule has 0 saturated carbocycles. The Hall–Kier alpha value is -7.16. The second-order valence-corrected chi connectivity index (χ2v) is 24.6. The molecular formula is C52H53N8O12S4+3. The Morgan fingerprint density at radius 3 is 1.12 bits per heavy atom. The Morgan fingerprint density at radius 2 is 0.737 bits per heavy atom. The monoisotopic (exact) mass is 1110 g/mol. The average Bonchev–Trinajstić information content (AvgIpc) is 4.21. The van der Waals surface area contributed by atoms with E-state index in [0.717, 1.165) is 33.4 Å². The van der Waals surface area contributed by atoms with E-state index < -0.39 is 40.5 Å². The van der Waals surface area contributed by atoms with E-state index in [1.54, 1.807) is 0 Å². The van der Waals surface area contributed by atoms with Crippen LogP contribution >= 0.6 is 0 Å². The molecule has 4 aromatic rings. The van der Waals surface area contributed by atoms with Gasteiger partial charge in [0.1, 0.15) is 19.6 Å². The molecule has 24 heteroatoms. The number of hydrogen-bond donors (Lipinski definition) is 5. The first-order chi connectivity index (χ1) is 36.1. The van der Waals surface area contributed by atoms with Crippen molar-refractivity contribution in [1.29, 1.82) is 0 Å². The molecule has 0 unspecified atom stereocenters. The molecule has 5 aliphatic rings. The van der Waals surface area contributed by atoms with Crippen LogP contribution in [0, 0.1) is 0 Å². The second kappa shape index (κ2) is 22.2. The SMILES string of the molecule is O=S(=O)(O)CCCN1C=CC(=C2C3=NC(=C(c4cc[n+](CCCS(=O)(=O)O)cc4)C4=NC(=C(c5cc[n+](CCCS(=O)(=O)O)cc5)C5=NC(=C(c6cc[n+](CCCS(=O)(=O)O)cc6)c6ccc2[nH]6)C=C5)C=C4)C=C3)C=C1. The van der Waals surface area contributed by atoms with Crippen LogP contribution in [0.5, 0.6) is 0 Å². The van der Waals surface area contributed by atoms with E-state index in [1.165, 1.54) is 0 Å². The number of fused-ring (bicyclic) bond motifs is 5. The van der Waals surface area contributed by atoms with Gasteiger partial charge in [-0.25, -0.2) is 28.7 Å².